The molecule has 0 saturated carbocycles. The summed E-state index contributed by atoms with van der Waals surface area (Å²) in [4.78, 5) is 23.4. The van der Waals surface area contributed by atoms with Gasteiger partial charge in [0.2, 0.25) is 5.72 Å². The molecule has 1 fully saturated rings. The Hall–Kier alpha value is -2.29. The molecule has 6 nitrogen and oxygen atoms in total. The van der Waals surface area contributed by atoms with Crippen LogP contribution in [0.25, 0.3) is 0 Å². The maximum atomic E-state index is 13.3. The Kier molecular flexibility index (Phi) is 4.25. The van der Waals surface area contributed by atoms with Gasteiger partial charge in [0, 0.05) is 0 Å². The number of carbonyl (C=O) groups is 2. The second-order valence-corrected chi connectivity index (χ2v) is 5.20. The highest BCUT2D eigenvalue weighted by atomic mass is 19.4. The summed E-state index contributed by atoms with van der Waals surface area (Å²) >= 11 is 0. The molecule has 3 atom stereocenters. The summed E-state index contributed by atoms with van der Waals surface area (Å²) in [5.41, 5.74) is -3.41. The van der Waals surface area contributed by atoms with Gasteiger partial charge in [0.05, 0.1) is 19.1 Å². The number of benzene rings is 1. The molecule has 1 aliphatic rings. The Bertz CT molecular complexity index is 617. The highest BCUT2D eigenvalue weighted by molar-refractivity contribution is 5.86. The number of halogens is 3. The fourth-order valence-corrected chi connectivity index (χ4v) is 2.62. The van der Waals surface area contributed by atoms with Crippen LogP contribution in [-0.2, 0) is 4.79 Å². The number of aliphatic hydroxyl groups is 1. The van der Waals surface area contributed by atoms with Crippen molar-refractivity contribution in [2.75, 3.05) is 7.11 Å². The van der Waals surface area contributed by atoms with E-state index in [1.165, 1.54) is 36.7 Å². The van der Waals surface area contributed by atoms with Gasteiger partial charge in [-0.2, -0.15) is 13.2 Å². The van der Waals surface area contributed by atoms with E-state index in [0.29, 0.717) is 5.75 Å². The lowest BCUT2D eigenvalue weighted by molar-refractivity contribution is -0.290. The van der Waals surface area contributed by atoms with Gasteiger partial charge < -0.3 is 20.5 Å². The van der Waals surface area contributed by atoms with Crippen LogP contribution in [0.4, 0.5) is 18.0 Å². The van der Waals surface area contributed by atoms with Crippen LogP contribution in [0.15, 0.2) is 24.3 Å². The van der Waals surface area contributed by atoms with E-state index in [-0.39, 0.29) is 5.56 Å². The maximum Gasteiger partial charge on any atom is 0.437 e. The van der Waals surface area contributed by atoms with Crippen LogP contribution < -0.4 is 15.4 Å². The summed E-state index contributed by atoms with van der Waals surface area (Å²) in [6.45, 7) is 0.928. The number of carbonyl (C=O) groups excluding carboxylic acids is 2. The Morgan fingerprint density at radius 3 is 2.30 bits per heavy atom. The summed E-state index contributed by atoms with van der Waals surface area (Å²) in [5.74, 6) is -2.40. The number of hydrogen-bond donors (Lipinski definition) is 3. The minimum absolute atomic E-state index is 0.239. The fraction of sp³-hybridized carbons (Fsp3) is 0.429. The molecule has 3 N–H and O–H groups in total. The number of alkyl halides is 3. The highest BCUT2D eigenvalue weighted by Crippen LogP contribution is 2.42. The Labute approximate surface area is 129 Å². The number of hydrogen-bond acceptors (Lipinski definition) is 4. The van der Waals surface area contributed by atoms with E-state index in [4.69, 9.17) is 4.74 Å². The molecule has 1 aromatic rings. The molecule has 2 rings (SSSR count). The number of nitrogens with one attached hydrogen (secondary N) is 2. The van der Waals surface area contributed by atoms with Crippen LogP contribution in [-0.4, -0.2) is 35.9 Å². The zero-order chi connectivity index (χ0) is 17.4. The number of ketones is 1. The second-order valence-electron chi connectivity index (χ2n) is 5.20. The quantitative estimate of drug-likeness (QED) is 0.783. The van der Waals surface area contributed by atoms with E-state index in [0.717, 1.165) is 6.92 Å². The molecule has 1 aromatic carbocycles. The molecule has 0 spiro atoms. The molecule has 0 unspecified atom stereocenters. The SMILES string of the molecule is COc1ccc([C@@H]2NC(=O)N[C@](O)(C(F)(F)F)[C@H]2C(C)=O)cc1. The number of amides is 2. The minimum atomic E-state index is -5.22. The molecule has 2 amide bonds. The van der Waals surface area contributed by atoms with Gasteiger partial charge in [-0.25, -0.2) is 4.79 Å². The lowest BCUT2D eigenvalue weighted by atomic mass is 9.79. The third-order valence-electron chi connectivity index (χ3n) is 3.72. The summed E-state index contributed by atoms with van der Waals surface area (Å²) in [6, 6.07) is 3.24. The molecular formula is C14H15F3N2O4. The number of Topliss-reactive ketones (excluding diaryl/α,β-unsaturated/α-hetero) is 1. The Morgan fingerprint density at radius 2 is 1.87 bits per heavy atom. The van der Waals surface area contributed by atoms with Crippen LogP contribution in [0.3, 0.4) is 0 Å². The van der Waals surface area contributed by atoms with E-state index in [9.17, 15) is 27.9 Å². The number of urea groups is 1. The van der Waals surface area contributed by atoms with Gasteiger partial charge in [-0.05, 0) is 24.6 Å². The van der Waals surface area contributed by atoms with Gasteiger partial charge in [-0.3, -0.25) is 4.79 Å². The van der Waals surface area contributed by atoms with Crippen molar-refractivity contribution in [1.29, 1.82) is 0 Å². The lowest BCUT2D eigenvalue weighted by Crippen LogP contribution is -2.72. The molecule has 126 valence electrons. The number of rotatable bonds is 3. The standard InChI is InChI=1S/C14H15F3N2O4/c1-7(20)10-11(8-3-5-9(23-2)6-4-8)18-12(21)19-13(10,22)14(15,16)17/h3-6,10-11,22H,1-2H3,(H2,18,19,21)/t10-,11-,13+/m0/s1. The first-order valence-electron chi connectivity index (χ1n) is 6.62. The molecule has 1 aliphatic heterocycles. The number of methoxy groups -OCH3 is 1. The largest absolute Gasteiger partial charge is 0.497 e. The van der Waals surface area contributed by atoms with Crippen molar-refractivity contribution in [1.82, 2.24) is 10.6 Å². The van der Waals surface area contributed by atoms with Crippen LogP contribution in [0, 0.1) is 5.92 Å². The van der Waals surface area contributed by atoms with Gasteiger partial charge in [-0.15, -0.1) is 0 Å². The number of ether oxygens (including phenoxy) is 1. The molecule has 0 aromatic heterocycles. The molecular weight excluding hydrogens is 317 g/mol. The van der Waals surface area contributed by atoms with Crippen LogP contribution in [0.1, 0.15) is 18.5 Å². The summed E-state index contributed by atoms with van der Waals surface area (Å²) in [7, 11) is 1.42. The summed E-state index contributed by atoms with van der Waals surface area (Å²) in [5, 5.41) is 13.7. The van der Waals surface area contributed by atoms with E-state index in [1.807, 2.05) is 0 Å². The van der Waals surface area contributed by atoms with E-state index in [2.05, 4.69) is 5.32 Å². The second kappa shape index (κ2) is 5.73. The van der Waals surface area contributed by atoms with Crippen LogP contribution in [0.2, 0.25) is 0 Å². The van der Waals surface area contributed by atoms with Gasteiger partial charge in [0.25, 0.3) is 0 Å². The first-order valence-corrected chi connectivity index (χ1v) is 6.62. The van der Waals surface area contributed by atoms with Gasteiger partial charge in [0.1, 0.15) is 11.5 Å². The van der Waals surface area contributed by atoms with Crippen molar-refractivity contribution in [3.8, 4) is 5.75 Å². The molecule has 1 saturated heterocycles. The first-order chi connectivity index (χ1) is 10.6. The molecule has 9 heteroatoms. The zero-order valence-corrected chi connectivity index (χ0v) is 12.3. The van der Waals surface area contributed by atoms with Crippen LogP contribution >= 0.6 is 0 Å². The Balaban J connectivity index is 2.51. The summed E-state index contributed by atoms with van der Waals surface area (Å²) in [6.07, 6.45) is -5.22. The maximum absolute atomic E-state index is 13.3. The molecule has 0 aliphatic carbocycles. The van der Waals surface area contributed by atoms with Gasteiger partial charge >= 0.3 is 12.2 Å². The molecule has 0 bridgehead atoms. The van der Waals surface area contributed by atoms with Crippen molar-refractivity contribution in [2.45, 2.75) is 24.9 Å². The van der Waals surface area contributed by atoms with E-state index >= 15 is 0 Å². The van der Waals surface area contributed by atoms with Crippen molar-refractivity contribution >= 4 is 11.8 Å². The van der Waals surface area contributed by atoms with Crippen molar-refractivity contribution in [3.63, 3.8) is 0 Å². The molecule has 0 radical (unpaired) electrons. The minimum Gasteiger partial charge on any atom is -0.497 e. The third kappa shape index (κ3) is 2.96. The average molecular weight is 332 g/mol. The average Bonchev–Trinajstić information content (AvgIpc) is 2.45. The molecule has 23 heavy (non-hydrogen) atoms. The van der Waals surface area contributed by atoms with Crippen molar-refractivity contribution in [2.24, 2.45) is 5.92 Å². The van der Waals surface area contributed by atoms with E-state index < -0.39 is 35.7 Å². The van der Waals surface area contributed by atoms with E-state index in [1.54, 1.807) is 0 Å². The monoisotopic (exact) mass is 332 g/mol. The third-order valence-corrected chi connectivity index (χ3v) is 3.72. The zero-order valence-electron chi connectivity index (χ0n) is 12.3. The normalized spacial score (nSPS) is 27.8. The predicted octanol–water partition coefficient (Wildman–Crippen LogP) is 1.51. The summed E-state index contributed by atoms with van der Waals surface area (Å²) < 4.78 is 44.7. The highest BCUT2D eigenvalue weighted by Gasteiger charge is 2.65. The molecule has 1 heterocycles. The van der Waals surface area contributed by atoms with Crippen molar-refractivity contribution < 1.29 is 32.6 Å². The van der Waals surface area contributed by atoms with Gasteiger partial charge in [-0.1, -0.05) is 12.1 Å². The Morgan fingerprint density at radius 1 is 1.30 bits per heavy atom. The van der Waals surface area contributed by atoms with Gasteiger partial charge in [0.15, 0.2) is 0 Å². The fourth-order valence-electron chi connectivity index (χ4n) is 2.62. The van der Waals surface area contributed by atoms with Crippen LogP contribution in [0.5, 0.6) is 5.75 Å². The topological polar surface area (TPSA) is 87.7 Å². The smallest absolute Gasteiger partial charge is 0.437 e. The first kappa shape index (κ1) is 17.1. The lowest BCUT2D eigenvalue weighted by Gasteiger charge is -2.44. The van der Waals surface area contributed by atoms with Crippen molar-refractivity contribution in [3.05, 3.63) is 29.8 Å². The predicted molar refractivity (Wildman–Crippen MR) is 72.6 cm³/mol.